The molecule has 2 rings (SSSR count). The summed E-state index contributed by atoms with van der Waals surface area (Å²) in [5.41, 5.74) is -0.384. The van der Waals surface area contributed by atoms with E-state index in [0.717, 1.165) is 19.3 Å². The molecule has 1 spiro atoms. The Bertz CT molecular complexity index is 499. The zero-order valence-electron chi connectivity index (χ0n) is 14.8. The first-order valence-electron chi connectivity index (χ1n) is 8.56. The SMILES string of the molecule is CCOC(=O)C1CC2(CCC2)OC1C(=O)[C@@H](NC(=O)OC)C(C)C. The Morgan fingerprint density at radius 3 is 2.42 bits per heavy atom. The second-order valence-corrected chi connectivity index (χ2v) is 6.90. The van der Waals surface area contributed by atoms with Crippen molar-refractivity contribution in [3.8, 4) is 0 Å². The first kappa shape index (κ1) is 18.7. The summed E-state index contributed by atoms with van der Waals surface area (Å²) in [7, 11) is 1.24. The zero-order valence-corrected chi connectivity index (χ0v) is 14.8. The van der Waals surface area contributed by atoms with Crippen molar-refractivity contribution in [3.63, 3.8) is 0 Å². The Kier molecular flexibility index (Phi) is 5.85. The fraction of sp³-hybridized carbons (Fsp3) is 0.824. The molecular weight excluding hydrogens is 314 g/mol. The van der Waals surface area contributed by atoms with Crippen LogP contribution in [0, 0.1) is 11.8 Å². The minimum absolute atomic E-state index is 0.152. The van der Waals surface area contributed by atoms with Crippen LogP contribution in [0.1, 0.15) is 46.5 Å². The molecular formula is C17H27NO6. The van der Waals surface area contributed by atoms with Gasteiger partial charge in [-0.1, -0.05) is 13.8 Å². The third-order valence-electron chi connectivity index (χ3n) is 4.90. The first-order chi connectivity index (χ1) is 11.3. The molecule has 2 aliphatic rings. The maximum absolute atomic E-state index is 13.0. The van der Waals surface area contributed by atoms with Crippen LogP contribution in [0.2, 0.25) is 0 Å². The predicted octanol–water partition coefficient (Wildman–Crippen LogP) is 1.83. The van der Waals surface area contributed by atoms with Crippen molar-refractivity contribution in [2.24, 2.45) is 11.8 Å². The van der Waals surface area contributed by atoms with Gasteiger partial charge in [0.25, 0.3) is 0 Å². The van der Waals surface area contributed by atoms with E-state index in [9.17, 15) is 14.4 Å². The molecule has 1 heterocycles. The van der Waals surface area contributed by atoms with Crippen LogP contribution in [0.25, 0.3) is 0 Å². The number of amides is 1. The summed E-state index contributed by atoms with van der Waals surface area (Å²) in [5.74, 6) is -1.46. The molecule has 1 amide bonds. The van der Waals surface area contributed by atoms with E-state index < -0.39 is 30.1 Å². The predicted molar refractivity (Wildman–Crippen MR) is 85.4 cm³/mol. The molecule has 2 fully saturated rings. The third-order valence-corrected chi connectivity index (χ3v) is 4.90. The molecule has 0 aromatic carbocycles. The van der Waals surface area contributed by atoms with Crippen molar-refractivity contribution >= 4 is 17.8 Å². The van der Waals surface area contributed by atoms with Gasteiger partial charge in [-0.05, 0) is 38.5 Å². The standard InChI is InChI=1S/C17H27NO6/c1-5-23-15(20)11-9-17(7-6-8-17)24-14(11)13(19)12(10(2)3)18-16(21)22-4/h10-12,14H,5-9H2,1-4H3,(H,18,21)/t11?,12-,14?/m0/s1. The number of nitrogens with one attached hydrogen (secondary N) is 1. The monoisotopic (exact) mass is 341 g/mol. The molecule has 7 nitrogen and oxygen atoms in total. The first-order valence-corrected chi connectivity index (χ1v) is 8.56. The van der Waals surface area contributed by atoms with E-state index in [0.29, 0.717) is 6.42 Å². The Morgan fingerprint density at radius 2 is 1.96 bits per heavy atom. The Labute approximate surface area is 142 Å². The van der Waals surface area contributed by atoms with Crippen LogP contribution in [0.5, 0.6) is 0 Å². The van der Waals surface area contributed by atoms with Crippen molar-refractivity contribution in [2.75, 3.05) is 13.7 Å². The summed E-state index contributed by atoms with van der Waals surface area (Å²) in [6.07, 6.45) is 1.68. The Morgan fingerprint density at radius 1 is 1.29 bits per heavy atom. The van der Waals surface area contributed by atoms with Crippen LogP contribution in [0.3, 0.4) is 0 Å². The quantitative estimate of drug-likeness (QED) is 0.741. The van der Waals surface area contributed by atoms with Crippen LogP contribution in [-0.2, 0) is 23.8 Å². The van der Waals surface area contributed by atoms with Gasteiger partial charge in [0.15, 0.2) is 5.78 Å². The van der Waals surface area contributed by atoms with Gasteiger partial charge >= 0.3 is 12.1 Å². The van der Waals surface area contributed by atoms with Crippen LogP contribution < -0.4 is 5.32 Å². The molecule has 0 aromatic heterocycles. The van der Waals surface area contributed by atoms with Gasteiger partial charge in [0.05, 0.1) is 31.3 Å². The third kappa shape index (κ3) is 3.71. The minimum atomic E-state index is -0.881. The molecule has 2 unspecified atom stereocenters. The van der Waals surface area contributed by atoms with Crippen molar-refractivity contribution in [2.45, 2.75) is 64.2 Å². The number of hydrogen-bond donors (Lipinski definition) is 1. The number of Topliss-reactive ketones (excluding diaryl/α,β-unsaturated/α-hetero) is 1. The van der Waals surface area contributed by atoms with Crippen LogP contribution >= 0.6 is 0 Å². The van der Waals surface area contributed by atoms with E-state index in [1.807, 2.05) is 13.8 Å². The number of methoxy groups -OCH3 is 1. The molecule has 1 N–H and O–H groups in total. The Balaban J connectivity index is 2.18. The number of carbonyl (C=O) groups excluding carboxylic acids is 3. The van der Waals surface area contributed by atoms with Crippen LogP contribution in [-0.4, -0.2) is 49.3 Å². The van der Waals surface area contributed by atoms with E-state index >= 15 is 0 Å². The number of alkyl carbamates (subject to hydrolysis) is 1. The van der Waals surface area contributed by atoms with Crippen LogP contribution in [0.4, 0.5) is 4.79 Å². The minimum Gasteiger partial charge on any atom is -0.466 e. The van der Waals surface area contributed by atoms with Crippen molar-refractivity contribution in [1.82, 2.24) is 5.32 Å². The fourth-order valence-electron chi connectivity index (χ4n) is 3.44. The van der Waals surface area contributed by atoms with Gasteiger partial charge < -0.3 is 19.5 Å². The maximum atomic E-state index is 13.0. The van der Waals surface area contributed by atoms with Crippen molar-refractivity contribution in [1.29, 1.82) is 0 Å². The van der Waals surface area contributed by atoms with Crippen molar-refractivity contribution < 1.29 is 28.6 Å². The number of rotatable bonds is 6. The topological polar surface area (TPSA) is 90.9 Å². The van der Waals surface area contributed by atoms with E-state index in [1.54, 1.807) is 6.92 Å². The lowest BCUT2D eigenvalue weighted by molar-refractivity contribution is -0.157. The second-order valence-electron chi connectivity index (χ2n) is 6.90. The molecule has 24 heavy (non-hydrogen) atoms. The highest BCUT2D eigenvalue weighted by atomic mass is 16.6. The summed E-state index contributed by atoms with van der Waals surface area (Å²) in [4.78, 5) is 36.8. The van der Waals surface area contributed by atoms with Gasteiger partial charge in [0, 0.05) is 0 Å². The zero-order chi connectivity index (χ0) is 17.9. The molecule has 1 aliphatic heterocycles. The molecule has 1 saturated heterocycles. The van der Waals surface area contributed by atoms with Gasteiger partial charge in [0.2, 0.25) is 0 Å². The molecule has 7 heteroatoms. The largest absolute Gasteiger partial charge is 0.466 e. The highest BCUT2D eigenvalue weighted by Crippen LogP contribution is 2.49. The van der Waals surface area contributed by atoms with E-state index in [4.69, 9.17) is 9.47 Å². The Hall–Kier alpha value is -1.63. The summed E-state index contributed by atoms with van der Waals surface area (Å²) < 4.78 is 15.8. The average Bonchev–Trinajstić information content (AvgIpc) is 2.93. The lowest BCUT2D eigenvalue weighted by Crippen LogP contribution is -2.51. The average molecular weight is 341 g/mol. The van der Waals surface area contributed by atoms with E-state index in [-0.39, 0.29) is 23.9 Å². The number of hydrogen-bond acceptors (Lipinski definition) is 6. The van der Waals surface area contributed by atoms with Crippen molar-refractivity contribution in [3.05, 3.63) is 0 Å². The summed E-state index contributed by atoms with van der Waals surface area (Å²) in [5, 5.41) is 2.55. The number of esters is 1. The van der Waals surface area contributed by atoms with Crippen LogP contribution in [0.15, 0.2) is 0 Å². The normalized spacial score (nSPS) is 25.9. The van der Waals surface area contributed by atoms with Gasteiger partial charge in [-0.15, -0.1) is 0 Å². The van der Waals surface area contributed by atoms with E-state index in [1.165, 1.54) is 7.11 Å². The molecule has 1 saturated carbocycles. The maximum Gasteiger partial charge on any atom is 0.407 e. The summed E-state index contributed by atoms with van der Waals surface area (Å²) in [6.45, 7) is 5.65. The van der Waals surface area contributed by atoms with Gasteiger partial charge in [-0.3, -0.25) is 9.59 Å². The molecule has 1 aliphatic carbocycles. The smallest absolute Gasteiger partial charge is 0.407 e. The van der Waals surface area contributed by atoms with E-state index in [2.05, 4.69) is 10.1 Å². The number of carbonyl (C=O) groups is 3. The number of ether oxygens (including phenoxy) is 3. The highest BCUT2D eigenvalue weighted by Gasteiger charge is 2.56. The van der Waals surface area contributed by atoms with Gasteiger partial charge in [-0.25, -0.2) is 4.79 Å². The number of ketones is 1. The molecule has 0 radical (unpaired) electrons. The lowest BCUT2D eigenvalue weighted by Gasteiger charge is -2.38. The summed E-state index contributed by atoms with van der Waals surface area (Å²) >= 11 is 0. The highest BCUT2D eigenvalue weighted by molar-refractivity contribution is 5.95. The molecule has 136 valence electrons. The molecule has 0 bridgehead atoms. The lowest BCUT2D eigenvalue weighted by atomic mass is 9.75. The fourth-order valence-corrected chi connectivity index (χ4v) is 3.44. The second kappa shape index (κ2) is 7.51. The summed E-state index contributed by atoms with van der Waals surface area (Å²) in [6, 6.07) is -0.769. The molecule has 0 aromatic rings. The molecule has 3 atom stereocenters. The van der Waals surface area contributed by atoms with Gasteiger partial charge in [-0.2, -0.15) is 0 Å². The van der Waals surface area contributed by atoms with Gasteiger partial charge in [0.1, 0.15) is 6.10 Å².